The number of benzene rings is 3. The SMILES string of the molecule is COc1cc(CNCCc2ccc(Cl)cc2Cl)ccc1OCc1cccc(C)c1. The maximum Gasteiger partial charge on any atom is 0.161 e. The molecule has 0 atom stereocenters. The summed E-state index contributed by atoms with van der Waals surface area (Å²) in [5.41, 5.74) is 4.58. The smallest absolute Gasteiger partial charge is 0.161 e. The number of hydrogen-bond donors (Lipinski definition) is 1. The molecule has 3 aromatic carbocycles. The number of rotatable bonds is 9. The third kappa shape index (κ3) is 6.40. The second kappa shape index (κ2) is 10.5. The van der Waals surface area contributed by atoms with E-state index in [1.807, 2.05) is 30.3 Å². The van der Waals surface area contributed by atoms with Gasteiger partial charge in [0.05, 0.1) is 7.11 Å². The Labute approximate surface area is 182 Å². The average molecular weight is 430 g/mol. The minimum Gasteiger partial charge on any atom is -0.493 e. The van der Waals surface area contributed by atoms with Crippen LogP contribution in [0.15, 0.2) is 60.7 Å². The quantitative estimate of drug-likeness (QED) is 0.409. The van der Waals surface area contributed by atoms with Gasteiger partial charge in [0, 0.05) is 16.6 Å². The van der Waals surface area contributed by atoms with Gasteiger partial charge in [0.2, 0.25) is 0 Å². The van der Waals surface area contributed by atoms with Crippen LogP contribution in [0, 0.1) is 6.92 Å². The second-order valence-electron chi connectivity index (χ2n) is 6.93. The summed E-state index contributed by atoms with van der Waals surface area (Å²) in [6.07, 6.45) is 0.838. The predicted octanol–water partition coefficient (Wildman–Crippen LogP) is 6.22. The van der Waals surface area contributed by atoms with Crippen molar-refractivity contribution in [1.29, 1.82) is 0 Å². The van der Waals surface area contributed by atoms with Gasteiger partial charge in [0.25, 0.3) is 0 Å². The fraction of sp³-hybridized carbons (Fsp3) is 0.250. The van der Waals surface area contributed by atoms with Gasteiger partial charge < -0.3 is 14.8 Å². The zero-order chi connectivity index (χ0) is 20.6. The molecular formula is C24H25Cl2NO2. The van der Waals surface area contributed by atoms with Gasteiger partial charge in [0.15, 0.2) is 11.5 Å². The summed E-state index contributed by atoms with van der Waals surface area (Å²) in [5.74, 6) is 1.48. The van der Waals surface area contributed by atoms with Gasteiger partial charge in [0.1, 0.15) is 6.61 Å². The molecular weight excluding hydrogens is 405 g/mol. The third-order valence-corrected chi connectivity index (χ3v) is 5.21. The van der Waals surface area contributed by atoms with Crippen LogP contribution in [-0.4, -0.2) is 13.7 Å². The highest BCUT2D eigenvalue weighted by Crippen LogP contribution is 2.29. The maximum absolute atomic E-state index is 6.22. The molecule has 0 saturated carbocycles. The van der Waals surface area contributed by atoms with Crippen molar-refractivity contribution in [3.63, 3.8) is 0 Å². The minimum absolute atomic E-state index is 0.511. The second-order valence-corrected chi connectivity index (χ2v) is 7.77. The molecule has 0 saturated heterocycles. The molecule has 0 fully saturated rings. The van der Waals surface area contributed by atoms with E-state index in [0.29, 0.717) is 16.7 Å². The highest BCUT2D eigenvalue weighted by atomic mass is 35.5. The molecule has 3 nitrogen and oxygen atoms in total. The minimum atomic E-state index is 0.511. The van der Waals surface area contributed by atoms with E-state index < -0.39 is 0 Å². The largest absolute Gasteiger partial charge is 0.493 e. The third-order valence-electron chi connectivity index (χ3n) is 4.62. The summed E-state index contributed by atoms with van der Waals surface area (Å²) in [5, 5.41) is 4.80. The van der Waals surface area contributed by atoms with Gasteiger partial charge >= 0.3 is 0 Å². The molecule has 152 valence electrons. The van der Waals surface area contributed by atoms with E-state index in [9.17, 15) is 0 Å². The van der Waals surface area contributed by atoms with Crippen LogP contribution < -0.4 is 14.8 Å². The van der Waals surface area contributed by atoms with Crippen molar-refractivity contribution in [1.82, 2.24) is 5.32 Å². The molecule has 0 aliphatic heterocycles. The first-order chi connectivity index (χ1) is 14.0. The number of ether oxygens (including phenoxy) is 2. The number of halogens is 2. The van der Waals surface area contributed by atoms with Crippen molar-refractivity contribution >= 4 is 23.2 Å². The molecule has 0 aromatic heterocycles. The first kappa shape index (κ1) is 21.5. The predicted molar refractivity (Wildman–Crippen MR) is 120 cm³/mol. The van der Waals surface area contributed by atoms with E-state index in [2.05, 4.69) is 36.5 Å². The highest BCUT2D eigenvalue weighted by molar-refractivity contribution is 6.35. The Balaban J connectivity index is 1.52. The van der Waals surface area contributed by atoms with E-state index in [0.717, 1.165) is 47.7 Å². The summed E-state index contributed by atoms with van der Waals surface area (Å²) in [7, 11) is 1.66. The first-order valence-electron chi connectivity index (χ1n) is 9.55. The molecule has 3 rings (SSSR count). The summed E-state index contributed by atoms with van der Waals surface area (Å²) < 4.78 is 11.5. The molecule has 0 bridgehead atoms. The normalized spacial score (nSPS) is 10.8. The summed E-state index contributed by atoms with van der Waals surface area (Å²) >= 11 is 12.2. The Morgan fingerprint density at radius 3 is 2.52 bits per heavy atom. The molecule has 0 radical (unpaired) electrons. The van der Waals surface area contributed by atoms with Crippen LogP contribution >= 0.6 is 23.2 Å². The zero-order valence-corrected chi connectivity index (χ0v) is 18.2. The summed E-state index contributed by atoms with van der Waals surface area (Å²) in [6, 6.07) is 19.9. The Morgan fingerprint density at radius 1 is 0.897 bits per heavy atom. The molecule has 3 aromatic rings. The molecule has 0 amide bonds. The maximum atomic E-state index is 6.22. The van der Waals surface area contributed by atoms with E-state index >= 15 is 0 Å². The van der Waals surface area contributed by atoms with Crippen molar-refractivity contribution in [2.75, 3.05) is 13.7 Å². The van der Waals surface area contributed by atoms with Crippen molar-refractivity contribution in [3.05, 3.63) is 93.0 Å². The fourth-order valence-corrected chi connectivity index (χ4v) is 3.59. The zero-order valence-electron chi connectivity index (χ0n) is 16.7. The molecule has 0 aliphatic rings. The molecule has 0 unspecified atom stereocenters. The van der Waals surface area contributed by atoms with Crippen LogP contribution in [0.5, 0.6) is 11.5 Å². The molecule has 0 aliphatic carbocycles. The van der Waals surface area contributed by atoms with E-state index in [-0.39, 0.29) is 0 Å². The Morgan fingerprint density at radius 2 is 1.76 bits per heavy atom. The Kier molecular flexibility index (Phi) is 7.82. The lowest BCUT2D eigenvalue weighted by Crippen LogP contribution is -2.16. The van der Waals surface area contributed by atoms with Crippen molar-refractivity contribution in [3.8, 4) is 11.5 Å². The van der Waals surface area contributed by atoms with Crippen LogP contribution in [-0.2, 0) is 19.6 Å². The topological polar surface area (TPSA) is 30.5 Å². The van der Waals surface area contributed by atoms with E-state index in [4.69, 9.17) is 32.7 Å². The number of nitrogens with one attached hydrogen (secondary N) is 1. The van der Waals surface area contributed by atoms with Gasteiger partial charge in [-0.3, -0.25) is 0 Å². The van der Waals surface area contributed by atoms with Crippen LogP contribution in [0.25, 0.3) is 0 Å². The molecule has 0 heterocycles. The van der Waals surface area contributed by atoms with Gasteiger partial charge in [-0.1, -0.05) is 65.2 Å². The van der Waals surface area contributed by atoms with Crippen LogP contribution in [0.1, 0.15) is 22.3 Å². The van der Waals surface area contributed by atoms with Crippen LogP contribution in [0.3, 0.4) is 0 Å². The van der Waals surface area contributed by atoms with Crippen molar-refractivity contribution in [2.45, 2.75) is 26.5 Å². The highest BCUT2D eigenvalue weighted by Gasteiger charge is 2.07. The summed E-state index contributed by atoms with van der Waals surface area (Å²) in [4.78, 5) is 0. The lowest BCUT2D eigenvalue weighted by molar-refractivity contribution is 0.284. The Bertz CT molecular complexity index is 959. The standard InChI is InChI=1S/C24H25Cl2NO2/c1-17-4-3-5-19(12-17)16-29-23-9-6-18(13-24(23)28-2)15-27-11-10-20-7-8-21(25)14-22(20)26/h3-9,12-14,27H,10-11,15-16H2,1-2H3. The lowest BCUT2D eigenvalue weighted by Gasteiger charge is -2.13. The van der Waals surface area contributed by atoms with E-state index in [1.54, 1.807) is 13.2 Å². The molecule has 0 spiro atoms. The fourth-order valence-electron chi connectivity index (χ4n) is 3.08. The van der Waals surface area contributed by atoms with Crippen molar-refractivity contribution in [2.24, 2.45) is 0 Å². The van der Waals surface area contributed by atoms with Crippen LogP contribution in [0.4, 0.5) is 0 Å². The van der Waals surface area contributed by atoms with Crippen LogP contribution in [0.2, 0.25) is 10.0 Å². The average Bonchev–Trinajstić information content (AvgIpc) is 2.71. The molecule has 1 N–H and O–H groups in total. The van der Waals surface area contributed by atoms with Gasteiger partial charge in [-0.05, 0) is 60.8 Å². The number of methoxy groups -OCH3 is 1. The van der Waals surface area contributed by atoms with Gasteiger partial charge in [-0.25, -0.2) is 0 Å². The Hall–Kier alpha value is -2.20. The number of hydrogen-bond acceptors (Lipinski definition) is 3. The monoisotopic (exact) mass is 429 g/mol. The first-order valence-corrected chi connectivity index (χ1v) is 10.3. The molecule has 5 heteroatoms. The number of aryl methyl sites for hydroxylation is 1. The van der Waals surface area contributed by atoms with E-state index in [1.165, 1.54) is 5.56 Å². The molecule has 29 heavy (non-hydrogen) atoms. The van der Waals surface area contributed by atoms with Gasteiger partial charge in [-0.2, -0.15) is 0 Å². The lowest BCUT2D eigenvalue weighted by atomic mass is 10.1. The van der Waals surface area contributed by atoms with Gasteiger partial charge in [-0.15, -0.1) is 0 Å². The van der Waals surface area contributed by atoms with Crippen molar-refractivity contribution < 1.29 is 9.47 Å². The summed E-state index contributed by atoms with van der Waals surface area (Å²) in [6.45, 7) is 4.14.